The van der Waals surface area contributed by atoms with Crippen molar-refractivity contribution in [3.8, 4) is 6.07 Å². The summed E-state index contributed by atoms with van der Waals surface area (Å²) in [5, 5.41) is 20.4. The fraction of sp³-hybridized carbons (Fsp3) is 0.368. The third-order valence-corrected chi connectivity index (χ3v) is 5.28. The second kappa shape index (κ2) is 6.34. The van der Waals surface area contributed by atoms with Crippen LogP contribution in [0.1, 0.15) is 29.9 Å². The van der Waals surface area contributed by atoms with Gasteiger partial charge in [-0.3, -0.25) is 5.10 Å². The average Bonchev–Trinajstić information content (AvgIpc) is 3.10. The SMILES string of the molecule is CN1CCC(C2=C(C#N)C(c3ccccc3F)c3c[nH]nc3N2)CC1. The normalized spacial score (nSPS) is 21.6. The highest BCUT2D eigenvalue weighted by molar-refractivity contribution is 5.64. The molecule has 2 aliphatic rings. The number of hydrogen-bond donors (Lipinski definition) is 2. The van der Waals surface area contributed by atoms with Gasteiger partial charge in [-0.1, -0.05) is 18.2 Å². The number of nitrogens with one attached hydrogen (secondary N) is 2. The third kappa shape index (κ3) is 2.71. The molecule has 1 saturated heterocycles. The van der Waals surface area contributed by atoms with E-state index in [1.165, 1.54) is 6.07 Å². The first-order valence-corrected chi connectivity index (χ1v) is 8.57. The van der Waals surface area contributed by atoms with Crippen LogP contribution in [0.25, 0.3) is 0 Å². The molecule has 3 heterocycles. The van der Waals surface area contributed by atoms with Crippen LogP contribution in [0.3, 0.4) is 0 Å². The predicted molar refractivity (Wildman–Crippen MR) is 93.3 cm³/mol. The van der Waals surface area contributed by atoms with E-state index in [0.29, 0.717) is 17.0 Å². The number of nitrogens with zero attached hydrogens (tertiary/aromatic N) is 3. The Kier molecular flexibility index (Phi) is 4.02. The van der Waals surface area contributed by atoms with Crippen molar-refractivity contribution in [3.05, 3.63) is 58.7 Å². The number of hydrogen-bond acceptors (Lipinski definition) is 4. The summed E-state index contributed by atoms with van der Waals surface area (Å²) >= 11 is 0. The van der Waals surface area contributed by atoms with E-state index in [-0.39, 0.29) is 11.7 Å². The van der Waals surface area contributed by atoms with E-state index in [1.807, 2.05) is 6.07 Å². The van der Waals surface area contributed by atoms with Gasteiger partial charge in [-0.05, 0) is 39.0 Å². The van der Waals surface area contributed by atoms with Crippen LogP contribution >= 0.6 is 0 Å². The van der Waals surface area contributed by atoms with Crippen LogP contribution in [0, 0.1) is 23.1 Å². The molecule has 2 N–H and O–H groups in total. The van der Waals surface area contributed by atoms with E-state index < -0.39 is 5.92 Å². The lowest BCUT2D eigenvalue weighted by Gasteiger charge is -2.34. The molecule has 2 aliphatic heterocycles. The lowest BCUT2D eigenvalue weighted by atomic mass is 9.79. The van der Waals surface area contributed by atoms with Crippen LogP contribution in [-0.4, -0.2) is 35.2 Å². The first kappa shape index (κ1) is 15.9. The second-order valence-corrected chi connectivity index (χ2v) is 6.79. The molecular formula is C19H20FN5. The minimum absolute atomic E-state index is 0.268. The van der Waals surface area contributed by atoms with Gasteiger partial charge in [0.2, 0.25) is 0 Å². The number of anilines is 1. The summed E-state index contributed by atoms with van der Waals surface area (Å²) in [5.74, 6) is 0.249. The molecule has 0 radical (unpaired) electrons. The van der Waals surface area contributed by atoms with Crippen LogP contribution < -0.4 is 5.32 Å². The van der Waals surface area contributed by atoms with Gasteiger partial charge in [0.25, 0.3) is 0 Å². The summed E-state index contributed by atoms with van der Waals surface area (Å²) < 4.78 is 14.5. The van der Waals surface area contributed by atoms with Crippen LogP contribution in [0.2, 0.25) is 0 Å². The van der Waals surface area contributed by atoms with Crippen molar-refractivity contribution in [2.24, 2.45) is 5.92 Å². The van der Waals surface area contributed by atoms with Crippen molar-refractivity contribution in [1.82, 2.24) is 15.1 Å². The fourth-order valence-corrected chi connectivity index (χ4v) is 3.90. The Bertz CT molecular complexity index is 855. The first-order chi connectivity index (χ1) is 12.2. The van der Waals surface area contributed by atoms with Crippen LogP contribution in [-0.2, 0) is 0 Å². The van der Waals surface area contributed by atoms with Crippen molar-refractivity contribution < 1.29 is 4.39 Å². The quantitative estimate of drug-likeness (QED) is 0.883. The monoisotopic (exact) mass is 337 g/mol. The Morgan fingerprint density at radius 2 is 2.00 bits per heavy atom. The molecule has 2 aromatic rings. The molecule has 1 aromatic heterocycles. The number of halogens is 1. The van der Waals surface area contributed by atoms with Gasteiger partial charge in [-0.15, -0.1) is 0 Å². The zero-order chi connectivity index (χ0) is 17.4. The van der Waals surface area contributed by atoms with Gasteiger partial charge in [0.15, 0.2) is 5.82 Å². The van der Waals surface area contributed by atoms with Crippen LogP contribution in [0.15, 0.2) is 41.7 Å². The summed E-state index contributed by atoms with van der Waals surface area (Å²) in [7, 11) is 2.11. The third-order valence-electron chi connectivity index (χ3n) is 5.28. The number of benzene rings is 1. The summed E-state index contributed by atoms with van der Waals surface area (Å²) in [5.41, 5.74) is 2.85. The van der Waals surface area contributed by atoms with Crippen molar-refractivity contribution in [2.45, 2.75) is 18.8 Å². The molecule has 1 aromatic carbocycles. The lowest BCUT2D eigenvalue weighted by molar-refractivity contribution is 0.238. The second-order valence-electron chi connectivity index (χ2n) is 6.79. The first-order valence-electron chi connectivity index (χ1n) is 8.57. The highest BCUT2D eigenvalue weighted by Crippen LogP contribution is 2.44. The molecule has 25 heavy (non-hydrogen) atoms. The number of likely N-dealkylation sites (tertiary alicyclic amines) is 1. The predicted octanol–water partition coefficient (Wildman–Crippen LogP) is 3.23. The molecule has 4 rings (SSSR count). The van der Waals surface area contributed by atoms with Crippen molar-refractivity contribution in [2.75, 3.05) is 25.5 Å². The highest BCUT2D eigenvalue weighted by atomic mass is 19.1. The molecule has 5 nitrogen and oxygen atoms in total. The van der Waals surface area contributed by atoms with E-state index in [0.717, 1.165) is 37.2 Å². The van der Waals surface area contributed by atoms with Crippen LogP contribution in [0.5, 0.6) is 0 Å². The maximum absolute atomic E-state index is 14.5. The van der Waals surface area contributed by atoms with E-state index in [2.05, 4.69) is 33.5 Å². The number of aromatic amines is 1. The van der Waals surface area contributed by atoms with Crippen LogP contribution in [0.4, 0.5) is 10.2 Å². The number of aromatic nitrogens is 2. The van der Waals surface area contributed by atoms with Crippen molar-refractivity contribution >= 4 is 5.82 Å². The summed E-state index contributed by atoms with van der Waals surface area (Å²) in [4.78, 5) is 2.29. The number of allylic oxidation sites excluding steroid dienone is 2. The largest absolute Gasteiger partial charge is 0.341 e. The van der Waals surface area contributed by atoms with Crippen molar-refractivity contribution in [3.63, 3.8) is 0 Å². The molecule has 0 aliphatic carbocycles. The van der Waals surface area contributed by atoms with Gasteiger partial charge >= 0.3 is 0 Å². The minimum atomic E-state index is -0.421. The smallest absolute Gasteiger partial charge is 0.156 e. The number of H-pyrrole nitrogens is 1. The molecule has 0 spiro atoms. The van der Waals surface area contributed by atoms with E-state index in [9.17, 15) is 9.65 Å². The van der Waals surface area contributed by atoms with Gasteiger partial charge in [0.1, 0.15) is 5.82 Å². The standard InChI is InChI=1S/C19H20FN5/c1-25-8-6-12(7-9-25)18-14(10-21)17(13-4-2-3-5-16(13)20)15-11-22-24-19(15)23-18/h2-5,11-12,17H,6-9H2,1H3,(H2,22,23,24). The summed E-state index contributed by atoms with van der Waals surface area (Å²) in [6, 6.07) is 9.05. The minimum Gasteiger partial charge on any atom is -0.341 e. The Balaban J connectivity index is 1.83. The van der Waals surface area contributed by atoms with E-state index in [1.54, 1.807) is 18.3 Å². The maximum Gasteiger partial charge on any atom is 0.156 e. The Morgan fingerprint density at radius 1 is 1.24 bits per heavy atom. The molecule has 0 bridgehead atoms. The molecule has 0 saturated carbocycles. The number of rotatable bonds is 2. The Hall–Kier alpha value is -2.65. The molecule has 1 atom stereocenters. The molecule has 1 fully saturated rings. The average molecular weight is 337 g/mol. The molecule has 1 unspecified atom stereocenters. The van der Waals surface area contributed by atoms with Gasteiger partial charge in [0.05, 0.1) is 17.6 Å². The zero-order valence-electron chi connectivity index (χ0n) is 14.1. The van der Waals surface area contributed by atoms with E-state index in [4.69, 9.17) is 0 Å². The topological polar surface area (TPSA) is 67.7 Å². The van der Waals surface area contributed by atoms with Gasteiger partial charge < -0.3 is 10.2 Å². The van der Waals surface area contributed by atoms with Gasteiger partial charge in [0, 0.05) is 28.9 Å². The summed E-state index contributed by atoms with van der Waals surface area (Å²) in [6.45, 7) is 1.98. The zero-order valence-corrected chi connectivity index (χ0v) is 14.1. The molecule has 128 valence electrons. The maximum atomic E-state index is 14.5. The summed E-state index contributed by atoms with van der Waals surface area (Å²) in [6.07, 6.45) is 3.71. The highest BCUT2D eigenvalue weighted by Gasteiger charge is 2.36. The number of fused-ring (bicyclic) bond motifs is 1. The Labute approximate surface area is 146 Å². The van der Waals surface area contributed by atoms with Crippen molar-refractivity contribution in [1.29, 1.82) is 5.26 Å². The van der Waals surface area contributed by atoms with Gasteiger partial charge in [-0.25, -0.2) is 4.39 Å². The lowest BCUT2D eigenvalue weighted by Crippen LogP contribution is -2.34. The molecule has 0 amide bonds. The molecule has 6 heteroatoms. The van der Waals surface area contributed by atoms with E-state index >= 15 is 0 Å². The Morgan fingerprint density at radius 3 is 2.72 bits per heavy atom. The van der Waals surface area contributed by atoms with Gasteiger partial charge in [-0.2, -0.15) is 10.4 Å². The fourth-order valence-electron chi connectivity index (χ4n) is 3.90. The number of nitriles is 1. The number of piperidine rings is 1. The molecular weight excluding hydrogens is 317 g/mol.